The van der Waals surface area contributed by atoms with Crippen LogP contribution in [-0.4, -0.2) is 50.5 Å². The van der Waals surface area contributed by atoms with Crippen molar-refractivity contribution >= 4 is 59.4 Å². The van der Waals surface area contributed by atoms with Crippen molar-refractivity contribution < 1.29 is 18.0 Å². The first-order valence-electron chi connectivity index (χ1n) is 11.7. The van der Waals surface area contributed by atoms with Crippen molar-refractivity contribution in [3.8, 4) is 0 Å². The summed E-state index contributed by atoms with van der Waals surface area (Å²) >= 11 is 6.77. The van der Waals surface area contributed by atoms with Gasteiger partial charge in [0, 0.05) is 28.5 Å². The van der Waals surface area contributed by atoms with Crippen LogP contribution in [0.15, 0.2) is 87.8 Å². The number of nitrogens with one attached hydrogen (secondary N) is 1. The van der Waals surface area contributed by atoms with E-state index in [9.17, 15) is 18.0 Å². The lowest BCUT2D eigenvalue weighted by Crippen LogP contribution is -2.53. The molecule has 0 bridgehead atoms. The first-order valence-corrected chi connectivity index (χ1v) is 15.1. The van der Waals surface area contributed by atoms with Crippen molar-refractivity contribution in [2.24, 2.45) is 0 Å². The number of benzene rings is 3. The van der Waals surface area contributed by atoms with Gasteiger partial charge in [-0.3, -0.25) is 13.9 Å². The van der Waals surface area contributed by atoms with Gasteiger partial charge in [0.2, 0.25) is 21.8 Å². The van der Waals surface area contributed by atoms with E-state index in [1.165, 1.54) is 4.90 Å². The number of likely N-dealkylation sites (N-methyl/N-ethyl adjacent to an activating group) is 1. The Labute approximate surface area is 235 Å². The summed E-state index contributed by atoms with van der Waals surface area (Å²) in [5.41, 5.74) is 2.06. The number of halogens is 2. The van der Waals surface area contributed by atoms with Crippen LogP contribution in [0.5, 0.6) is 0 Å². The number of sulfonamides is 1. The molecule has 0 heterocycles. The molecule has 3 rings (SSSR count). The average Bonchev–Trinajstić information content (AvgIpc) is 2.86. The van der Waals surface area contributed by atoms with Crippen LogP contribution >= 0.6 is 31.9 Å². The molecule has 0 spiro atoms. The van der Waals surface area contributed by atoms with E-state index in [0.29, 0.717) is 12.2 Å². The standard InChI is InChI=1S/C27H29Br2N3O4S/c1-3-30-27(34)25(17-20-7-5-4-6-8-20)31(18-21-9-11-22(28)12-10-21)26(33)19-32(37(2,35)36)24-15-13-23(29)14-16-24/h4-16,25H,3,17-19H2,1-2H3,(H,30,34)/t25-/m0/s1. The first kappa shape index (κ1) is 28.9. The molecule has 1 N–H and O–H groups in total. The molecule has 1 atom stereocenters. The highest BCUT2D eigenvalue weighted by Gasteiger charge is 2.32. The number of anilines is 1. The maximum Gasteiger partial charge on any atom is 0.244 e. The van der Waals surface area contributed by atoms with E-state index in [2.05, 4.69) is 37.2 Å². The summed E-state index contributed by atoms with van der Waals surface area (Å²) in [5.74, 6) is -0.783. The minimum atomic E-state index is -3.79. The van der Waals surface area contributed by atoms with Crippen molar-refractivity contribution in [1.82, 2.24) is 10.2 Å². The quantitative estimate of drug-likeness (QED) is 0.325. The SMILES string of the molecule is CCNC(=O)[C@H](Cc1ccccc1)N(Cc1ccc(Br)cc1)C(=O)CN(c1ccc(Br)cc1)S(C)(=O)=O. The smallest absolute Gasteiger partial charge is 0.244 e. The molecule has 0 saturated carbocycles. The van der Waals surface area contributed by atoms with Crippen LogP contribution in [0.4, 0.5) is 5.69 Å². The fourth-order valence-electron chi connectivity index (χ4n) is 3.85. The second kappa shape index (κ2) is 13.2. The Morgan fingerprint density at radius 1 is 0.865 bits per heavy atom. The van der Waals surface area contributed by atoms with Gasteiger partial charge in [0.15, 0.2) is 0 Å². The average molecular weight is 651 g/mol. The Morgan fingerprint density at radius 3 is 1.97 bits per heavy atom. The van der Waals surface area contributed by atoms with E-state index in [-0.39, 0.29) is 18.9 Å². The summed E-state index contributed by atoms with van der Waals surface area (Å²) in [6.45, 7) is 1.91. The fraction of sp³-hybridized carbons (Fsp3) is 0.259. The summed E-state index contributed by atoms with van der Waals surface area (Å²) < 4.78 is 28.2. The van der Waals surface area contributed by atoms with E-state index in [4.69, 9.17) is 0 Å². The minimum absolute atomic E-state index is 0.138. The molecule has 0 aliphatic carbocycles. The molecule has 0 unspecified atom stereocenters. The number of carbonyl (C=O) groups is 2. The zero-order chi connectivity index (χ0) is 27.0. The lowest BCUT2D eigenvalue weighted by atomic mass is 10.0. The highest BCUT2D eigenvalue weighted by Crippen LogP contribution is 2.23. The van der Waals surface area contributed by atoms with Gasteiger partial charge in [-0.1, -0.05) is 74.3 Å². The molecule has 0 aliphatic rings. The summed E-state index contributed by atoms with van der Waals surface area (Å²) in [4.78, 5) is 28.6. The third-order valence-electron chi connectivity index (χ3n) is 5.68. The van der Waals surface area contributed by atoms with Crippen molar-refractivity contribution in [3.05, 3.63) is 98.9 Å². The predicted octanol–water partition coefficient (Wildman–Crippen LogP) is 4.75. The van der Waals surface area contributed by atoms with Crippen molar-refractivity contribution in [3.63, 3.8) is 0 Å². The molecular formula is C27H29Br2N3O4S. The lowest BCUT2D eigenvalue weighted by Gasteiger charge is -2.33. The number of hydrogen-bond acceptors (Lipinski definition) is 4. The molecule has 3 aromatic rings. The second-order valence-electron chi connectivity index (χ2n) is 8.49. The van der Waals surface area contributed by atoms with Crippen LogP contribution < -0.4 is 9.62 Å². The summed E-state index contributed by atoms with van der Waals surface area (Å²) in [6, 6.07) is 22.7. The summed E-state index contributed by atoms with van der Waals surface area (Å²) in [7, 11) is -3.79. The molecule has 2 amide bonds. The zero-order valence-electron chi connectivity index (χ0n) is 20.6. The topological polar surface area (TPSA) is 86.8 Å². The number of nitrogens with zero attached hydrogens (tertiary/aromatic N) is 2. The maximum atomic E-state index is 13.9. The molecule has 7 nitrogen and oxygen atoms in total. The highest BCUT2D eigenvalue weighted by molar-refractivity contribution is 9.10. The normalized spacial score (nSPS) is 12.0. The van der Waals surface area contributed by atoms with Crippen LogP contribution in [0.25, 0.3) is 0 Å². The lowest BCUT2D eigenvalue weighted by molar-refractivity contribution is -0.140. The Balaban J connectivity index is 2.02. The highest BCUT2D eigenvalue weighted by atomic mass is 79.9. The molecule has 0 fully saturated rings. The molecule has 3 aromatic carbocycles. The minimum Gasteiger partial charge on any atom is -0.355 e. The summed E-state index contributed by atoms with van der Waals surface area (Å²) in [5, 5.41) is 2.84. The van der Waals surface area contributed by atoms with Gasteiger partial charge in [-0.25, -0.2) is 8.42 Å². The molecule has 0 aromatic heterocycles. The Hall–Kier alpha value is -2.69. The van der Waals surface area contributed by atoms with E-state index < -0.39 is 28.5 Å². The molecular weight excluding hydrogens is 622 g/mol. The number of rotatable bonds is 11. The van der Waals surface area contributed by atoms with Gasteiger partial charge >= 0.3 is 0 Å². The van der Waals surface area contributed by atoms with Gasteiger partial charge in [-0.2, -0.15) is 0 Å². The summed E-state index contributed by atoms with van der Waals surface area (Å²) in [6.07, 6.45) is 1.35. The Bertz CT molecular complexity index is 1300. The molecule has 37 heavy (non-hydrogen) atoms. The van der Waals surface area contributed by atoms with Gasteiger partial charge in [0.25, 0.3) is 0 Å². The van der Waals surface area contributed by atoms with Gasteiger partial charge in [-0.15, -0.1) is 0 Å². The van der Waals surface area contributed by atoms with E-state index in [0.717, 1.165) is 30.6 Å². The van der Waals surface area contributed by atoms with Gasteiger partial charge < -0.3 is 10.2 Å². The first-order chi connectivity index (χ1) is 17.6. The van der Waals surface area contributed by atoms with Gasteiger partial charge in [0.05, 0.1) is 11.9 Å². The number of hydrogen-bond donors (Lipinski definition) is 1. The Kier molecular flexibility index (Phi) is 10.3. The fourth-order valence-corrected chi connectivity index (χ4v) is 5.23. The zero-order valence-corrected chi connectivity index (χ0v) is 24.6. The van der Waals surface area contributed by atoms with Crippen LogP contribution in [0.2, 0.25) is 0 Å². The maximum absolute atomic E-state index is 13.9. The molecule has 0 aliphatic heterocycles. The third-order valence-corrected chi connectivity index (χ3v) is 7.88. The van der Waals surface area contributed by atoms with E-state index in [1.807, 2.05) is 61.5 Å². The molecule has 10 heteroatoms. The second-order valence-corrected chi connectivity index (χ2v) is 12.2. The Morgan fingerprint density at radius 2 is 1.43 bits per heavy atom. The van der Waals surface area contributed by atoms with Crippen molar-refractivity contribution in [2.75, 3.05) is 23.7 Å². The van der Waals surface area contributed by atoms with Crippen LogP contribution in [0, 0.1) is 0 Å². The number of carbonyl (C=O) groups excluding carboxylic acids is 2. The van der Waals surface area contributed by atoms with Crippen molar-refractivity contribution in [1.29, 1.82) is 0 Å². The largest absolute Gasteiger partial charge is 0.355 e. The molecule has 196 valence electrons. The van der Waals surface area contributed by atoms with E-state index >= 15 is 0 Å². The monoisotopic (exact) mass is 649 g/mol. The van der Waals surface area contributed by atoms with Gasteiger partial charge in [-0.05, 0) is 54.4 Å². The third kappa shape index (κ3) is 8.41. The predicted molar refractivity (Wildman–Crippen MR) is 154 cm³/mol. The van der Waals surface area contributed by atoms with E-state index in [1.54, 1.807) is 24.3 Å². The molecule has 0 saturated heterocycles. The van der Waals surface area contributed by atoms with Crippen LogP contribution in [0.1, 0.15) is 18.1 Å². The van der Waals surface area contributed by atoms with Crippen LogP contribution in [-0.2, 0) is 32.6 Å². The van der Waals surface area contributed by atoms with Crippen LogP contribution in [0.3, 0.4) is 0 Å². The molecule has 0 radical (unpaired) electrons. The number of amides is 2. The van der Waals surface area contributed by atoms with Gasteiger partial charge in [0.1, 0.15) is 12.6 Å². The van der Waals surface area contributed by atoms with Crippen molar-refractivity contribution in [2.45, 2.75) is 25.9 Å².